The third-order valence-corrected chi connectivity index (χ3v) is 4.51. The van der Waals surface area contributed by atoms with Gasteiger partial charge in [-0.05, 0) is 37.9 Å². The Morgan fingerprint density at radius 3 is 2.88 bits per heavy atom. The van der Waals surface area contributed by atoms with Crippen molar-refractivity contribution >= 4 is 16.9 Å². The number of hydrogen-bond donors (Lipinski definition) is 2. The van der Waals surface area contributed by atoms with Gasteiger partial charge in [-0.1, -0.05) is 0 Å². The number of aromatic nitrogens is 3. The molecule has 1 unspecified atom stereocenters. The van der Waals surface area contributed by atoms with Crippen LogP contribution in [0.15, 0.2) is 21.9 Å². The first-order valence-electron chi connectivity index (χ1n) is 8.03. The number of fused-ring (bicyclic) bond motifs is 1. The molecule has 2 aromatic rings. The van der Waals surface area contributed by atoms with Crippen molar-refractivity contribution in [1.82, 2.24) is 24.8 Å². The lowest BCUT2D eigenvalue weighted by Gasteiger charge is -2.22. The van der Waals surface area contributed by atoms with Crippen LogP contribution in [0.2, 0.25) is 0 Å². The molecule has 1 atom stereocenters. The lowest BCUT2D eigenvalue weighted by molar-refractivity contribution is 0.0944. The summed E-state index contributed by atoms with van der Waals surface area (Å²) in [6.45, 7) is 2.52. The Hall–Kier alpha value is -2.48. The van der Waals surface area contributed by atoms with E-state index in [2.05, 4.69) is 15.6 Å². The minimum absolute atomic E-state index is 0.256. The van der Waals surface area contributed by atoms with E-state index in [9.17, 15) is 14.4 Å². The van der Waals surface area contributed by atoms with E-state index < -0.39 is 11.2 Å². The van der Waals surface area contributed by atoms with Gasteiger partial charge in [0.25, 0.3) is 11.5 Å². The third kappa shape index (κ3) is 2.96. The number of hydrogen-bond acceptors (Lipinski definition) is 5. The maximum Gasteiger partial charge on any atom is 0.332 e. The van der Waals surface area contributed by atoms with Crippen molar-refractivity contribution in [2.24, 2.45) is 20.0 Å². The van der Waals surface area contributed by atoms with Crippen LogP contribution in [-0.2, 0) is 14.1 Å². The molecule has 1 aliphatic rings. The molecule has 1 amide bonds. The number of carbonyl (C=O) groups is 1. The normalized spacial score (nSPS) is 17.8. The molecular weight excluding hydrogens is 310 g/mol. The molecule has 1 aliphatic heterocycles. The molecule has 24 heavy (non-hydrogen) atoms. The molecule has 8 heteroatoms. The molecule has 1 fully saturated rings. The van der Waals surface area contributed by atoms with Crippen molar-refractivity contribution in [2.75, 3.05) is 19.6 Å². The number of nitrogens with zero attached hydrogens (tertiary/aromatic N) is 3. The zero-order valence-electron chi connectivity index (χ0n) is 13.8. The summed E-state index contributed by atoms with van der Waals surface area (Å²) in [6, 6.07) is 1.50. The second-order valence-electron chi connectivity index (χ2n) is 6.22. The Kier molecular flexibility index (Phi) is 4.48. The lowest BCUT2D eigenvalue weighted by atomic mass is 10.00. The van der Waals surface area contributed by atoms with E-state index in [0.717, 1.165) is 30.5 Å². The number of rotatable bonds is 3. The number of piperidine rings is 1. The van der Waals surface area contributed by atoms with Crippen molar-refractivity contribution in [3.8, 4) is 0 Å². The minimum atomic E-state index is -0.452. The summed E-state index contributed by atoms with van der Waals surface area (Å²) in [7, 11) is 2.96. The number of carbonyl (C=O) groups excluding carboxylic acids is 1. The van der Waals surface area contributed by atoms with Crippen LogP contribution < -0.4 is 21.9 Å². The fraction of sp³-hybridized carbons (Fsp3) is 0.500. The zero-order chi connectivity index (χ0) is 17.3. The van der Waals surface area contributed by atoms with Crippen LogP contribution in [0, 0.1) is 5.92 Å². The van der Waals surface area contributed by atoms with Crippen molar-refractivity contribution in [2.45, 2.75) is 12.8 Å². The van der Waals surface area contributed by atoms with Crippen molar-refractivity contribution < 1.29 is 4.79 Å². The quantitative estimate of drug-likeness (QED) is 0.780. The fourth-order valence-corrected chi connectivity index (χ4v) is 3.03. The van der Waals surface area contributed by atoms with E-state index in [-0.39, 0.29) is 16.9 Å². The molecule has 2 N–H and O–H groups in total. The standard InChI is InChI=1S/C16H21N5O3/c1-20-13-12(15(23)21(2)16(20)24)6-11(9-18-13)14(22)19-8-10-4-3-5-17-7-10/h6,9-10,17H,3-5,7-8H2,1-2H3,(H,19,22). The Labute approximate surface area is 138 Å². The Morgan fingerprint density at radius 2 is 2.17 bits per heavy atom. The monoisotopic (exact) mass is 331 g/mol. The van der Waals surface area contributed by atoms with E-state index in [1.165, 1.54) is 23.9 Å². The predicted octanol–water partition coefficient (Wildman–Crippen LogP) is -0.638. The van der Waals surface area contributed by atoms with Gasteiger partial charge in [-0.3, -0.25) is 18.7 Å². The summed E-state index contributed by atoms with van der Waals surface area (Å²) in [5, 5.41) is 6.46. The SMILES string of the molecule is Cn1c(=O)c2cc(C(=O)NCC3CCCNC3)cnc2n(C)c1=O. The van der Waals surface area contributed by atoms with Gasteiger partial charge in [0.1, 0.15) is 5.65 Å². The second-order valence-corrected chi connectivity index (χ2v) is 6.22. The van der Waals surface area contributed by atoms with E-state index in [4.69, 9.17) is 0 Å². The van der Waals surface area contributed by atoms with Crippen LogP contribution >= 0.6 is 0 Å². The van der Waals surface area contributed by atoms with Gasteiger partial charge < -0.3 is 10.6 Å². The van der Waals surface area contributed by atoms with Crippen LogP contribution in [0.5, 0.6) is 0 Å². The van der Waals surface area contributed by atoms with Gasteiger partial charge in [-0.2, -0.15) is 0 Å². The highest BCUT2D eigenvalue weighted by atomic mass is 16.2. The maximum atomic E-state index is 12.3. The summed E-state index contributed by atoms with van der Waals surface area (Å²) in [5.74, 6) is 0.163. The molecule has 0 bridgehead atoms. The average molecular weight is 331 g/mol. The minimum Gasteiger partial charge on any atom is -0.352 e. The average Bonchev–Trinajstić information content (AvgIpc) is 2.63. The van der Waals surface area contributed by atoms with Gasteiger partial charge in [0.05, 0.1) is 10.9 Å². The number of aryl methyl sites for hydroxylation is 1. The number of pyridine rings is 1. The van der Waals surface area contributed by atoms with Crippen LogP contribution in [0.1, 0.15) is 23.2 Å². The molecular formula is C16H21N5O3. The van der Waals surface area contributed by atoms with Crippen molar-refractivity contribution in [3.05, 3.63) is 38.7 Å². The van der Waals surface area contributed by atoms with Crippen LogP contribution in [0.25, 0.3) is 11.0 Å². The third-order valence-electron chi connectivity index (χ3n) is 4.51. The summed E-state index contributed by atoms with van der Waals surface area (Å²) in [6.07, 6.45) is 3.60. The topological polar surface area (TPSA) is 98.0 Å². The smallest absolute Gasteiger partial charge is 0.332 e. The summed E-state index contributed by atoms with van der Waals surface area (Å²) in [5.41, 5.74) is -0.299. The number of amides is 1. The molecule has 2 aromatic heterocycles. The van der Waals surface area contributed by atoms with Gasteiger partial charge in [-0.15, -0.1) is 0 Å². The van der Waals surface area contributed by atoms with Crippen LogP contribution in [0.3, 0.4) is 0 Å². The molecule has 0 radical (unpaired) electrons. The van der Waals surface area contributed by atoms with Crippen molar-refractivity contribution in [3.63, 3.8) is 0 Å². The molecule has 1 saturated heterocycles. The summed E-state index contributed by atoms with van der Waals surface area (Å²) < 4.78 is 2.31. The van der Waals surface area contributed by atoms with Gasteiger partial charge in [-0.25, -0.2) is 9.78 Å². The highest BCUT2D eigenvalue weighted by Gasteiger charge is 2.16. The first kappa shape index (κ1) is 16.4. The molecule has 128 valence electrons. The number of nitrogens with one attached hydrogen (secondary N) is 2. The van der Waals surface area contributed by atoms with Gasteiger partial charge >= 0.3 is 5.69 Å². The fourth-order valence-electron chi connectivity index (χ4n) is 3.03. The second kappa shape index (κ2) is 6.56. The zero-order valence-corrected chi connectivity index (χ0v) is 13.8. The van der Waals surface area contributed by atoms with Crippen molar-refractivity contribution in [1.29, 1.82) is 0 Å². The molecule has 0 aliphatic carbocycles. The molecule has 3 heterocycles. The Bertz CT molecular complexity index is 893. The molecule has 0 aromatic carbocycles. The summed E-state index contributed by atoms with van der Waals surface area (Å²) in [4.78, 5) is 40.6. The Morgan fingerprint density at radius 1 is 1.38 bits per heavy atom. The highest BCUT2D eigenvalue weighted by Crippen LogP contribution is 2.10. The largest absolute Gasteiger partial charge is 0.352 e. The maximum absolute atomic E-state index is 12.3. The van der Waals surface area contributed by atoms with E-state index in [1.807, 2.05) is 0 Å². The van der Waals surface area contributed by atoms with Crippen LogP contribution in [0.4, 0.5) is 0 Å². The molecule has 0 spiro atoms. The highest BCUT2D eigenvalue weighted by molar-refractivity contribution is 5.96. The first-order valence-corrected chi connectivity index (χ1v) is 8.03. The van der Waals surface area contributed by atoms with E-state index in [1.54, 1.807) is 7.05 Å². The molecule has 0 saturated carbocycles. The van der Waals surface area contributed by atoms with Crippen LogP contribution in [-0.4, -0.2) is 39.7 Å². The first-order chi connectivity index (χ1) is 11.5. The molecule has 3 rings (SSSR count). The van der Waals surface area contributed by atoms with Gasteiger partial charge in [0, 0.05) is 26.8 Å². The summed E-state index contributed by atoms with van der Waals surface area (Å²) >= 11 is 0. The lowest BCUT2D eigenvalue weighted by Crippen LogP contribution is -2.38. The van der Waals surface area contributed by atoms with Gasteiger partial charge in [0.2, 0.25) is 0 Å². The van der Waals surface area contributed by atoms with E-state index >= 15 is 0 Å². The Balaban J connectivity index is 1.86. The van der Waals surface area contributed by atoms with E-state index in [0.29, 0.717) is 18.0 Å². The van der Waals surface area contributed by atoms with Gasteiger partial charge in [0.15, 0.2) is 0 Å². The predicted molar refractivity (Wildman–Crippen MR) is 90.2 cm³/mol. The molecule has 8 nitrogen and oxygen atoms in total.